The largest absolute Gasteiger partial charge is 0.463 e. The van der Waals surface area contributed by atoms with Gasteiger partial charge in [-0.1, -0.05) is 0 Å². The Kier molecular flexibility index (Phi) is 11.4. The van der Waals surface area contributed by atoms with Crippen LogP contribution in [0.15, 0.2) is 0 Å². The SMILES string of the molecule is CC(=O)N[C@@H]1[C@@H](OC(C)=O)[C@H](OC(C)=O)[C@@H](COC(C)=O)O[C@H]1NC(=O)CCC[C@@H]1NC(C(F)(F)F)(C(F)(F)F)OC1=O. The van der Waals surface area contributed by atoms with E-state index in [-0.39, 0.29) is 0 Å². The maximum atomic E-state index is 13.2. The molecule has 0 spiro atoms. The number of carbonyl (C=O) groups is 6. The van der Waals surface area contributed by atoms with Crippen LogP contribution in [0, 0.1) is 0 Å². The van der Waals surface area contributed by atoms with Crippen molar-refractivity contribution in [1.82, 2.24) is 16.0 Å². The van der Waals surface area contributed by atoms with E-state index in [4.69, 9.17) is 18.9 Å². The topological polar surface area (TPSA) is 185 Å². The van der Waals surface area contributed by atoms with Gasteiger partial charge in [-0.3, -0.25) is 34.1 Å². The molecule has 2 aliphatic rings. The number of hydrogen-bond donors (Lipinski definition) is 3. The van der Waals surface area contributed by atoms with E-state index < -0.39 is 116 Å². The molecule has 20 heteroatoms. The van der Waals surface area contributed by atoms with Crippen molar-refractivity contribution in [2.24, 2.45) is 0 Å². The molecule has 0 saturated carbocycles. The highest BCUT2D eigenvalue weighted by Crippen LogP contribution is 2.47. The molecule has 6 atom stereocenters. The maximum absolute atomic E-state index is 13.2. The van der Waals surface area contributed by atoms with Crippen LogP contribution in [-0.4, -0.2) is 97.0 Å². The van der Waals surface area contributed by atoms with Gasteiger partial charge in [0.05, 0.1) is 0 Å². The fourth-order valence-electron chi connectivity index (χ4n) is 4.34. The van der Waals surface area contributed by atoms with Crippen LogP contribution in [0.3, 0.4) is 0 Å². The van der Waals surface area contributed by atoms with E-state index in [9.17, 15) is 55.1 Å². The molecule has 0 aromatic carbocycles. The Balaban J connectivity index is 2.20. The van der Waals surface area contributed by atoms with Crippen LogP contribution < -0.4 is 16.0 Å². The zero-order valence-corrected chi connectivity index (χ0v) is 23.1. The number of alkyl halides is 6. The Labute approximate surface area is 239 Å². The average Bonchev–Trinajstić information content (AvgIpc) is 3.18. The van der Waals surface area contributed by atoms with E-state index in [1.807, 2.05) is 0 Å². The molecule has 2 saturated heterocycles. The first-order valence-electron chi connectivity index (χ1n) is 12.5. The number of amides is 2. The van der Waals surface area contributed by atoms with Crippen molar-refractivity contribution in [3.05, 3.63) is 0 Å². The van der Waals surface area contributed by atoms with E-state index in [2.05, 4.69) is 15.4 Å². The molecule has 0 radical (unpaired) electrons. The van der Waals surface area contributed by atoms with Gasteiger partial charge in [0.15, 0.2) is 18.4 Å². The van der Waals surface area contributed by atoms with E-state index in [0.29, 0.717) is 0 Å². The van der Waals surface area contributed by atoms with Gasteiger partial charge in [-0.15, -0.1) is 0 Å². The third kappa shape index (κ3) is 8.91. The number of esters is 4. The molecule has 2 amide bonds. The van der Waals surface area contributed by atoms with Crippen molar-refractivity contribution >= 4 is 35.7 Å². The molecule has 2 aliphatic heterocycles. The summed E-state index contributed by atoms with van der Waals surface area (Å²) in [6, 6.07) is -3.46. The number of nitrogens with one attached hydrogen (secondary N) is 3. The first-order chi connectivity index (χ1) is 19.7. The average molecular weight is 637 g/mol. The van der Waals surface area contributed by atoms with Crippen LogP contribution in [0.2, 0.25) is 0 Å². The highest BCUT2D eigenvalue weighted by molar-refractivity contribution is 5.79. The second-order valence-electron chi connectivity index (χ2n) is 9.53. The quantitative estimate of drug-likeness (QED) is 0.169. The Bertz CT molecular complexity index is 1090. The molecule has 14 nitrogen and oxygen atoms in total. The molecule has 0 aromatic heterocycles. The van der Waals surface area contributed by atoms with Crippen molar-refractivity contribution in [1.29, 1.82) is 0 Å². The first kappa shape index (κ1) is 35.5. The predicted molar refractivity (Wildman–Crippen MR) is 124 cm³/mol. The molecular weight excluding hydrogens is 608 g/mol. The zero-order valence-electron chi connectivity index (χ0n) is 23.1. The Morgan fingerprint density at radius 1 is 0.884 bits per heavy atom. The monoisotopic (exact) mass is 637 g/mol. The molecule has 0 bridgehead atoms. The number of hydrogen-bond acceptors (Lipinski definition) is 12. The smallest absolute Gasteiger partial charge is 0.452 e. The van der Waals surface area contributed by atoms with E-state index in [0.717, 1.165) is 33.0 Å². The summed E-state index contributed by atoms with van der Waals surface area (Å²) in [5.41, 5.74) is -4.91. The summed E-state index contributed by atoms with van der Waals surface area (Å²) < 4.78 is 104. The van der Waals surface area contributed by atoms with Crippen LogP contribution in [0.1, 0.15) is 47.0 Å². The van der Waals surface area contributed by atoms with Gasteiger partial charge in [0.25, 0.3) is 0 Å². The molecule has 2 fully saturated rings. The highest BCUT2D eigenvalue weighted by Gasteiger charge is 2.78. The lowest BCUT2D eigenvalue weighted by atomic mass is 9.95. The standard InChI is InChI=1S/C23H29F6N3O11/c1-9(33)30-16-18(41-12(4)36)17(40-11(3)35)14(8-39-10(2)34)42-19(16)31-15(37)7-5-6-13-20(38)43-21(32-13,22(24,25)26)23(27,28)29/h13-14,16-19,32H,5-8H2,1-4H3,(H,30,33)(H,31,37)/t13-,14+,16+,17+,18+,19+/m0/s1. The van der Waals surface area contributed by atoms with Crippen LogP contribution >= 0.6 is 0 Å². The fraction of sp³-hybridized carbons (Fsp3) is 0.739. The van der Waals surface area contributed by atoms with E-state index >= 15 is 0 Å². The minimum Gasteiger partial charge on any atom is -0.463 e. The number of cyclic esters (lactones) is 1. The normalized spacial score (nSPS) is 27.0. The minimum absolute atomic E-state index is 0.428. The third-order valence-corrected chi connectivity index (χ3v) is 6.03. The second kappa shape index (κ2) is 13.7. The van der Waals surface area contributed by atoms with Gasteiger partial charge in [-0.05, 0) is 12.8 Å². The van der Waals surface area contributed by atoms with Gasteiger partial charge in [0.2, 0.25) is 11.8 Å². The van der Waals surface area contributed by atoms with Crippen molar-refractivity contribution in [2.45, 2.75) is 102 Å². The summed E-state index contributed by atoms with van der Waals surface area (Å²) in [7, 11) is 0. The summed E-state index contributed by atoms with van der Waals surface area (Å²) in [4.78, 5) is 71.5. The summed E-state index contributed by atoms with van der Waals surface area (Å²) in [6.07, 6.45) is -19.6. The molecule has 0 unspecified atom stereocenters. The molecule has 0 aromatic rings. The van der Waals surface area contributed by atoms with Crippen molar-refractivity contribution in [2.75, 3.05) is 6.61 Å². The summed E-state index contributed by atoms with van der Waals surface area (Å²) in [5.74, 6) is -6.03. The van der Waals surface area contributed by atoms with Crippen LogP contribution in [0.5, 0.6) is 0 Å². The molecule has 2 rings (SSSR count). The lowest BCUT2D eigenvalue weighted by Crippen LogP contribution is -2.69. The van der Waals surface area contributed by atoms with Crippen LogP contribution in [-0.2, 0) is 52.5 Å². The molecule has 0 aliphatic carbocycles. The second-order valence-corrected chi connectivity index (χ2v) is 9.53. The Morgan fingerprint density at radius 2 is 1.44 bits per heavy atom. The van der Waals surface area contributed by atoms with Gasteiger partial charge in [-0.25, -0.2) is 0 Å². The molecule has 2 heterocycles. The van der Waals surface area contributed by atoms with Crippen LogP contribution in [0.25, 0.3) is 0 Å². The zero-order chi connectivity index (χ0) is 32.9. The predicted octanol–water partition coefficient (Wildman–Crippen LogP) is 0.265. The van der Waals surface area contributed by atoms with Gasteiger partial charge in [0, 0.05) is 34.1 Å². The van der Waals surface area contributed by atoms with Gasteiger partial charge in [0.1, 0.15) is 24.8 Å². The molecule has 43 heavy (non-hydrogen) atoms. The van der Waals surface area contributed by atoms with Crippen LogP contribution in [0.4, 0.5) is 26.3 Å². The van der Waals surface area contributed by atoms with E-state index in [1.165, 1.54) is 0 Å². The third-order valence-electron chi connectivity index (χ3n) is 6.03. The van der Waals surface area contributed by atoms with Gasteiger partial charge < -0.3 is 34.3 Å². The number of rotatable bonds is 10. The Hall–Kier alpha value is -3.68. The van der Waals surface area contributed by atoms with Crippen molar-refractivity contribution < 1.29 is 78.8 Å². The number of carbonyl (C=O) groups excluding carboxylic acids is 6. The molecule has 3 N–H and O–H groups in total. The first-order valence-corrected chi connectivity index (χ1v) is 12.5. The summed E-state index contributed by atoms with van der Waals surface area (Å²) in [5, 5.41) is 5.85. The van der Waals surface area contributed by atoms with Gasteiger partial charge >= 0.3 is 42.0 Å². The Morgan fingerprint density at radius 3 is 1.91 bits per heavy atom. The highest BCUT2D eigenvalue weighted by atomic mass is 19.4. The fourth-order valence-corrected chi connectivity index (χ4v) is 4.34. The van der Waals surface area contributed by atoms with E-state index in [1.54, 1.807) is 0 Å². The maximum Gasteiger partial charge on any atom is 0.452 e. The lowest BCUT2D eigenvalue weighted by molar-refractivity contribution is -0.369. The lowest BCUT2D eigenvalue weighted by Gasteiger charge is -2.45. The minimum atomic E-state index is -6.03. The number of halogens is 6. The van der Waals surface area contributed by atoms with Gasteiger partial charge in [-0.2, -0.15) is 26.3 Å². The summed E-state index contributed by atoms with van der Waals surface area (Å²) >= 11 is 0. The molecular formula is C23H29F6N3O11. The van der Waals surface area contributed by atoms with Crippen molar-refractivity contribution in [3.63, 3.8) is 0 Å². The molecule has 244 valence electrons. The van der Waals surface area contributed by atoms with Crippen molar-refractivity contribution in [3.8, 4) is 0 Å². The number of ether oxygens (including phenoxy) is 5. The summed E-state index contributed by atoms with van der Waals surface area (Å²) in [6.45, 7) is 3.55.